The summed E-state index contributed by atoms with van der Waals surface area (Å²) in [5.41, 5.74) is -0.306. The van der Waals surface area contributed by atoms with Crippen molar-refractivity contribution in [1.82, 2.24) is 0 Å². The quantitative estimate of drug-likeness (QED) is 0.0703. The van der Waals surface area contributed by atoms with Crippen LogP contribution in [0.2, 0.25) is 0 Å². The SMILES string of the molecule is ClCCl.O=[N+]([O-])c1cc[n+](O[B-](F)(F)F)cc1.c1cc2ccc3cccc4ccc(c1)c2c34. The minimum atomic E-state index is -5.42. The van der Waals surface area contributed by atoms with Gasteiger partial charge in [0, 0.05) is 0 Å². The highest BCUT2D eigenvalue weighted by Crippen LogP contribution is 2.33. The second kappa shape index (κ2) is 10.5. The normalized spacial score (nSPS) is 10.9. The Morgan fingerprint density at radius 3 is 1.45 bits per heavy atom. The van der Waals surface area contributed by atoms with E-state index >= 15 is 0 Å². The number of rotatable bonds is 3. The van der Waals surface area contributed by atoms with Gasteiger partial charge >= 0.3 is 7.18 Å². The van der Waals surface area contributed by atoms with Gasteiger partial charge in [-0.2, -0.15) is 0 Å². The van der Waals surface area contributed by atoms with Gasteiger partial charge in [0.1, 0.15) is 0 Å². The molecule has 5 nitrogen and oxygen atoms in total. The molecular formula is C22H16BCl2F3N2O3. The van der Waals surface area contributed by atoms with Gasteiger partial charge in [0.15, 0.2) is 0 Å². The monoisotopic (exact) mass is 494 g/mol. The van der Waals surface area contributed by atoms with Crippen LogP contribution in [-0.4, -0.2) is 17.4 Å². The Morgan fingerprint density at radius 1 is 0.788 bits per heavy atom. The first-order chi connectivity index (χ1) is 15.7. The van der Waals surface area contributed by atoms with Crippen LogP contribution < -0.4 is 9.49 Å². The van der Waals surface area contributed by atoms with Crippen LogP contribution in [0.1, 0.15) is 0 Å². The molecule has 0 atom stereocenters. The van der Waals surface area contributed by atoms with Crippen molar-refractivity contribution in [3.63, 3.8) is 0 Å². The average molecular weight is 495 g/mol. The molecule has 0 bridgehead atoms. The molecule has 11 heteroatoms. The lowest BCUT2D eigenvalue weighted by Crippen LogP contribution is -2.52. The van der Waals surface area contributed by atoms with Gasteiger partial charge in [-0.25, -0.2) is 0 Å². The predicted octanol–water partition coefficient (Wildman–Crippen LogP) is 6.66. The van der Waals surface area contributed by atoms with Gasteiger partial charge in [-0.1, -0.05) is 60.7 Å². The maximum atomic E-state index is 11.7. The van der Waals surface area contributed by atoms with Crippen LogP contribution in [0.3, 0.4) is 0 Å². The van der Waals surface area contributed by atoms with E-state index in [0.29, 0.717) is 4.73 Å². The molecule has 0 unspecified atom stereocenters. The van der Waals surface area contributed by atoms with E-state index in [0.717, 1.165) is 24.5 Å². The second-order valence-electron chi connectivity index (χ2n) is 6.68. The fraction of sp³-hybridized carbons (Fsp3) is 0.0455. The molecule has 0 aliphatic heterocycles. The standard InChI is InChI=1S/C16H10.C5H4BF3N2O3.CH2Cl2/c1-3-11-7-9-13-5-2-6-14-10-8-12(4-1)15(11)16(13)14;7-6(8,9)14-10-3-1-5(2-4-10)11(12)13;2-1-3/h1-10H;1-4H;1H2. The van der Waals surface area contributed by atoms with Crippen molar-refractivity contribution < 1.29 is 27.4 Å². The highest BCUT2D eigenvalue weighted by molar-refractivity contribution is 6.50. The maximum Gasteiger partial charge on any atom is 0.752 e. The number of hydrogen-bond acceptors (Lipinski definition) is 3. The average Bonchev–Trinajstić information content (AvgIpc) is 2.78. The van der Waals surface area contributed by atoms with Crippen LogP contribution in [0.4, 0.5) is 18.6 Å². The molecule has 0 spiro atoms. The van der Waals surface area contributed by atoms with Crippen LogP contribution in [0.5, 0.6) is 0 Å². The number of nitro groups is 1. The zero-order valence-corrected chi connectivity index (χ0v) is 18.4. The number of hydrogen-bond donors (Lipinski definition) is 0. The molecule has 0 radical (unpaired) electrons. The lowest BCUT2D eigenvalue weighted by atomic mass is 9.95. The molecule has 1 heterocycles. The predicted molar refractivity (Wildman–Crippen MR) is 126 cm³/mol. The van der Waals surface area contributed by atoms with E-state index in [1.807, 2.05) is 0 Å². The molecule has 5 aromatic rings. The third-order valence-corrected chi connectivity index (χ3v) is 4.63. The Balaban J connectivity index is 0.000000168. The number of benzene rings is 4. The van der Waals surface area contributed by atoms with E-state index in [9.17, 15) is 23.1 Å². The van der Waals surface area contributed by atoms with E-state index in [2.05, 4.69) is 65.4 Å². The van der Waals surface area contributed by atoms with Crippen molar-refractivity contribution in [3.8, 4) is 0 Å². The topological polar surface area (TPSA) is 56.2 Å². The van der Waals surface area contributed by atoms with Gasteiger partial charge in [-0.15, -0.1) is 23.2 Å². The van der Waals surface area contributed by atoms with Crippen LogP contribution in [0.15, 0.2) is 85.2 Å². The van der Waals surface area contributed by atoms with Crippen molar-refractivity contribution in [2.24, 2.45) is 0 Å². The Kier molecular flexibility index (Phi) is 7.78. The summed E-state index contributed by atoms with van der Waals surface area (Å²) in [5, 5.41) is 18.5. The fourth-order valence-corrected chi connectivity index (χ4v) is 3.40. The van der Waals surface area contributed by atoms with Gasteiger partial charge in [0.2, 0.25) is 12.4 Å². The summed E-state index contributed by atoms with van der Waals surface area (Å²) < 4.78 is 38.9. The summed E-state index contributed by atoms with van der Waals surface area (Å²) in [4.78, 5) is 9.42. The highest BCUT2D eigenvalue weighted by Gasteiger charge is 2.34. The Hall–Kier alpha value is -3.30. The molecule has 4 aromatic carbocycles. The van der Waals surface area contributed by atoms with Gasteiger partial charge in [-0.05, 0) is 37.0 Å². The molecule has 5 rings (SSSR count). The Morgan fingerprint density at radius 2 is 1.15 bits per heavy atom. The van der Waals surface area contributed by atoms with Gasteiger partial charge in [0.05, 0.1) is 22.4 Å². The number of aromatic nitrogens is 1. The lowest BCUT2D eigenvalue weighted by molar-refractivity contribution is -0.868. The molecule has 1 aromatic heterocycles. The Bertz CT molecular complexity index is 1240. The largest absolute Gasteiger partial charge is 0.752 e. The second-order valence-corrected chi connectivity index (χ2v) is 7.49. The zero-order chi connectivity index (χ0) is 24.0. The molecule has 0 amide bonds. The number of pyridine rings is 1. The molecule has 0 saturated carbocycles. The zero-order valence-electron chi connectivity index (χ0n) is 16.9. The summed E-state index contributed by atoms with van der Waals surface area (Å²) in [6.07, 6.45) is 1.63. The molecule has 33 heavy (non-hydrogen) atoms. The highest BCUT2D eigenvalue weighted by atomic mass is 35.5. The molecule has 0 saturated heterocycles. The molecule has 0 fully saturated rings. The van der Waals surface area contributed by atoms with Crippen LogP contribution in [0.25, 0.3) is 32.3 Å². The summed E-state index contributed by atoms with van der Waals surface area (Å²) >= 11 is 9.53. The van der Waals surface area contributed by atoms with E-state index in [4.69, 9.17) is 23.2 Å². The summed E-state index contributed by atoms with van der Waals surface area (Å²) in [7, 11) is -5.42. The number of nitrogens with zero attached hydrogens (tertiary/aromatic N) is 2. The van der Waals surface area contributed by atoms with E-state index in [-0.39, 0.29) is 11.0 Å². The van der Waals surface area contributed by atoms with E-state index in [1.165, 1.54) is 32.3 Å². The van der Waals surface area contributed by atoms with Crippen molar-refractivity contribution in [3.05, 3.63) is 95.3 Å². The molecular weight excluding hydrogens is 479 g/mol. The van der Waals surface area contributed by atoms with Gasteiger partial charge in [-0.3, -0.25) is 10.1 Å². The maximum absolute atomic E-state index is 11.7. The number of alkyl halides is 2. The fourth-order valence-electron chi connectivity index (χ4n) is 3.40. The smallest absolute Gasteiger partial charge is 0.407 e. The minimum absolute atomic E-state index is 0.194. The molecule has 0 aliphatic rings. The summed E-state index contributed by atoms with van der Waals surface area (Å²) in [6.45, 7) is 0. The first-order valence-electron chi connectivity index (χ1n) is 9.52. The molecule has 0 aliphatic carbocycles. The number of halogens is 5. The lowest BCUT2D eigenvalue weighted by Gasteiger charge is -2.09. The molecule has 0 N–H and O–H groups in total. The van der Waals surface area contributed by atoms with Crippen molar-refractivity contribution in [2.75, 3.05) is 5.34 Å². The summed E-state index contributed by atoms with van der Waals surface area (Å²) in [5.74, 6) is 0. The third kappa shape index (κ3) is 6.15. The van der Waals surface area contributed by atoms with E-state index < -0.39 is 12.1 Å². The van der Waals surface area contributed by atoms with Crippen LogP contribution >= 0.6 is 23.2 Å². The first kappa shape index (κ1) is 24.3. The Labute approximate surface area is 196 Å². The third-order valence-electron chi connectivity index (χ3n) is 4.63. The van der Waals surface area contributed by atoms with Gasteiger partial charge < -0.3 is 17.7 Å². The van der Waals surface area contributed by atoms with Crippen molar-refractivity contribution in [1.29, 1.82) is 0 Å². The van der Waals surface area contributed by atoms with E-state index in [1.54, 1.807) is 0 Å². The van der Waals surface area contributed by atoms with Crippen LogP contribution in [0, 0.1) is 10.1 Å². The summed E-state index contributed by atoms with van der Waals surface area (Å²) in [6, 6.07) is 23.7. The van der Waals surface area contributed by atoms with Gasteiger partial charge in [0.25, 0.3) is 5.69 Å². The minimum Gasteiger partial charge on any atom is -0.407 e. The van der Waals surface area contributed by atoms with Crippen molar-refractivity contribution >= 4 is 68.4 Å². The van der Waals surface area contributed by atoms with Crippen molar-refractivity contribution in [2.45, 2.75) is 0 Å². The molecule has 170 valence electrons. The van der Waals surface area contributed by atoms with Crippen LogP contribution in [-0.2, 0) is 0 Å². The first-order valence-corrected chi connectivity index (χ1v) is 10.6.